The molecule has 1 aliphatic rings. The molecule has 6 heteroatoms. The van der Waals surface area contributed by atoms with Gasteiger partial charge in [-0.05, 0) is 37.8 Å². The quantitative estimate of drug-likeness (QED) is 0.840. The average Bonchev–Trinajstić information content (AvgIpc) is 2.52. The van der Waals surface area contributed by atoms with E-state index in [0.717, 1.165) is 31.4 Å². The first-order valence-corrected chi connectivity index (χ1v) is 8.01. The highest BCUT2D eigenvalue weighted by Gasteiger charge is 2.14. The van der Waals surface area contributed by atoms with Crippen LogP contribution in [-0.4, -0.2) is 32.4 Å². The molecule has 1 atom stereocenters. The third-order valence-corrected chi connectivity index (χ3v) is 4.04. The van der Waals surface area contributed by atoms with E-state index in [1.54, 1.807) is 19.2 Å². The third-order valence-electron chi connectivity index (χ3n) is 3.68. The lowest BCUT2D eigenvalue weighted by Crippen LogP contribution is -2.32. The summed E-state index contributed by atoms with van der Waals surface area (Å²) in [5.41, 5.74) is 1.44. The number of anilines is 1. The summed E-state index contributed by atoms with van der Waals surface area (Å²) in [7, 11) is 1.59. The van der Waals surface area contributed by atoms with Crippen molar-refractivity contribution in [3.63, 3.8) is 0 Å². The standard InChI is InChI=1S/C16H23ClN2O3/c1-21-11-13-14(17)6-4-7-15(13)19-16(20)18-9-8-12-5-2-3-10-22-12/h4,6-7,12H,2-3,5,8-11H2,1H3,(H2,18,19,20). The van der Waals surface area contributed by atoms with Crippen molar-refractivity contribution in [1.82, 2.24) is 5.32 Å². The number of hydrogen-bond acceptors (Lipinski definition) is 3. The third kappa shape index (κ3) is 5.16. The molecule has 22 heavy (non-hydrogen) atoms. The Bertz CT molecular complexity index is 490. The number of carbonyl (C=O) groups excluding carboxylic acids is 1. The molecule has 0 aromatic heterocycles. The van der Waals surface area contributed by atoms with Crippen LogP contribution < -0.4 is 10.6 Å². The van der Waals surface area contributed by atoms with Crippen molar-refractivity contribution in [2.45, 2.75) is 38.4 Å². The van der Waals surface area contributed by atoms with Gasteiger partial charge in [0.2, 0.25) is 0 Å². The van der Waals surface area contributed by atoms with E-state index in [1.807, 2.05) is 6.07 Å². The fourth-order valence-electron chi connectivity index (χ4n) is 2.52. The van der Waals surface area contributed by atoms with Crippen LogP contribution >= 0.6 is 11.6 Å². The Labute approximate surface area is 136 Å². The van der Waals surface area contributed by atoms with E-state index in [4.69, 9.17) is 21.1 Å². The number of methoxy groups -OCH3 is 1. The molecule has 0 saturated carbocycles. The van der Waals surface area contributed by atoms with Crippen molar-refractivity contribution in [1.29, 1.82) is 0 Å². The molecule has 1 aliphatic heterocycles. The summed E-state index contributed by atoms with van der Waals surface area (Å²) in [6.45, 7) is 1.78. The molecule has 1 aromatic carbocycles. The molecule has 2 N–H and O–H groups in total. The Morgan fingerprint density at radius 1 is 1.45 bits per heavy atom. The van der Waals surface area contributed by atoms with E-state index in [1.165, 1.54) is 6.42 Å². The van der Waals surface area contributed by atoms with Crippen molar-refractivity contribution in [2.24, 2.45) is 0 Å². The number of carbonyl (C=O) groups is 1. The summed E-state index contributed by atoms with van der Waals surface area (Å²) in [4.78, 5) is 12.0. The largest absolute Gasteiger partial charge is 0.380 e. The van der Waals surface area contributed by atoms with Crippen LogP contribution in [0.25, 0.3) is 0 Å². The van der Waals surface area contributed by atoms with Gasteiger partial charge in [-0.25, -0.2) is 4.79 Å². The lowest BCUT2D eigenvalue weighted by molar-refractivity contribution is 0.0120. The molecule has 0 aliphatic carbocycles. The summed E-state index contributed by atoms with van der Waals surface area (Å²) in [6.07, 6.45) is 4.54. The van der Waals surface area contributed by atoms with Crippen LogP contribution in [0.4, 0.5) is 10.5 Å². The summed E-state index contributed by atoms with van der Waals surface area (Å²) < 4.78 is 10.8. The lowest BCUT2D eigenvalue weighted by Gasteiger charge is -2.22. The first kappa shape index (κ1) is 17.1. The fraction of sp³-hybridized carbons (Fsp3) is 0.562. The van der Waals surface area contributed by atoms with E-state index in [2.05, 4.69) is 10.6 Å². The number of nitrogens with one attached hydrogen (secondary N) is 2. The minimum Gasteiger partial charge on any atom is -0.380 e. The summed E-state index contributed by atoms with van der Waals surface area (Å²) in [5.74, 6) is 0. The fourth-order valence-corrected chi connectivity index (χ4v) is 2.74. The van der Waals surface area contributed by atoms with Crippen LogP contribution in [0.1, 0.15) is 31.2 Å². The molecule has 0 spiro atoms. The van der Waals surface area contributed by atoms with Gasteiger partial charge in [-0.15, -0.1) is 0 Å². The molecule has 0 bridgehead atoms. The number of halogens is 1. The van der Waals surface area contributed by atoms with Crippen molar-refractivity contribution in [3.05, 3.63) is 28.8 Å². The van der Waals surface area contributed by atoms with E-state index in [9.17, 15) is 4.79 Å². The van der Waals surface area contributed by atoms with Crippen molar-refractivity contribution in [3.8, 4) is 0 Å². The minimum atomic E-state index is -0.240. The molecule has 122 valence electrons. The van der Waals surface area contributed by atoms with Crippen molar-refractivity contribution in [2.75, 3.05) is 25.6 Å². The predicted molar refractivity (Wildman–Crippen MR) is 87.4 cm³/mol. The van der Waals surface area contributed by atoms with Gasteiger partial charge in [0, 0.05) is 36.5 Å². The summed E-state index contributed by atoms with van der Waals surface area (Å²) in [6, 6.07) is 5.15. The first-order valence-electron chi connectivity index (χ1n) is 7.63. The van der Waals surface area contributed by atoms with Gasteiger partial charge in [0.05, 0.1) is 12.7 Å². The highest BCUT2D eigenvalue weighted by molar-refractivity contribution is 6.31. The van der Waals surface area contributed by atoms with Gasteiger partial charge in [0.15, 0.2) is 0 Å². The Kier molecular flexibility index (Phi) is 6.96. The molecule has 1 fully saturated rings. The van der Waals surface area contributed by atoms with Crippen LogP contribution in [0.5, 0.6) is 0 Å². The van der Waals surface area contributed by atoms with Crippen LogP contribution in [0.2, 0.25) is 5.02 Å². The number of urea groups is 1. The number of benzene rings is 1. The smallest absolute Gasteiger partial charge is 0.319 e. The summed E-state index contributed by atoms with van der Waals surface area (Å²) in [5, 5.41) is 6.25. The number of hydrogen-bond donors (Lipinski definition) is 2. The molecule has 2 rings (SSSR count). The van der Waals surface area contributed by atoms with Gasteiger partial charge in [-0.2, -0.15) is 0 Å². The van der Waals surface area contributed by atoms with Crippen molar-refractivity contribution >= 4 is 23.3 Å². The Morgan fingerprint density at radius 3 is 3.05 bits per heavy atom. The van der Waals surface area contributed by atoms with E-state index in [-0.39, 0.29) is 12.1 Å². The van der Waals surface area contributed by atoms with E-state index in [0.29, 0.717) is 23.9 Å². The normalized spacial score (nSPS) is 18.0. The molecule has 1 unspecified atom stereocenters. The maximum Gasteiger partial charge on any atom is 0.319 e. The first-order chi connectivity index (χ1) is 10.7. The zero-order valence-electron chi connectivity index (χ0n) is 12.9. The van der Waals surface area contributed by atoms with Crippen molar-refractivity contribution < 1.29 is 14.3 Å². The zero-order valence-corrected chi connectivity index (χ0v) is 13.6. The Morgan fingerprint density at radius 2 is 2.32 bits per heavy atom. The molecular formula is C16H23ClN2O3. The van der Waals surface area contributed by atoms with Crippen LogP contribution in [0, 0.1) is 0 Å². The lowest BCUT2D eigenvalue weighted by atomic mass is 10.1. The van der Waals surface area contributed by atoms with Gasteiger partial charge < -0.3 is 20.1 Å². The van der Waals surface area contributed by atoms with Crippen LogP contribution in [0.3, 0.4) is 0 Å². The molecule has 1 saturated heterocycles. The maximum atomic E-state index is 12.0. The second kappa shape index (κ2) is 8.98. The van der Waals surface area contributed by atoms with E-state index < -0.39 is 0 Å². The molecule has 1 aromatic rings. The van der Waals surface area contributed by atoms with Crippen LogP contribution in [-0.2, 0) is 16.1 Å². The second-order valence-corrected chi connectivity index (χ2v) is 5.76. The van der Waals surface area contributed by atoms with Gasteiger partial charge in [-0.3, -0.25) is 0 Å². The number of amides is 2. The monoisotopic (exact) mass is 326 g/mol. The Balaban J connectivity index is 1.80. The molecular weight excluding hydrogens is 304 g/mol. The molecule has 2 amide bonds. The molecule has 1 heterocycles. The zero-order chi connectivity index (χ0) is 15.8. The SMILES string of the molecule is COCc1c(Cl)cccc1NC(=O)NCCC1CCCCO1. The van der Waals surface area contributed by atoms with Gasteiger partial charge >= 0.3 is 6.03 Å². The summed E-state index contributed by atoms with van der Waals surface area (Å²) >= 11 is 6.13. The number of ether oxygens (including phenoxy) is 2. The Hall–Kier alpha value is -1.30. The molecule has 5 nitrogen and oxygen atoms in total. The van der Waals surface area contributed by atoms with E-state index >= 15 is 0 Å². The second-order valence-electron chi connectivity index (χ2n) is 5.36. The highest BCUT2D eigenvalue weighted by atomic mass is 35.5. The van der Waals surface area contributed by atoms with Gasteiger partial charge in [0.25, 0.3) is 0 Å². The van der Waals surface area contributed by atoms with Gasteiger partial charge in [-0.1, -0.05) is 17.7 Å². The van der Waals surface area contributed by atoms with Crippen LogP contribution in [0.15, 0.2) is 18.2 Å². The topological polar surface area (TPSA) is 59.6 Å². The highest BCUT2D eigenvalue weighted by Crippen LogP contribution is 2.25. The average molecular weight is 327 g/mol. The maximum absolute atomic E-state index is 12.0. The molecule has 0 radical (unpaired) electrons. The number of rotatable bonds is 6. The predicted octanol–water partition coefficient (Wildman–Crippen LogP) is 3.57. The van der Waals surface area contributed by atoms with Gasteiger partial charge in [0.1, 0.15) is 0 Å². The minimum absolute atomic E-state index is 0.240.